The van der Waals surface area contributed by atoms with E-state index in [4.69, 9.17) is 9.47 Å². The van der Waals surface area contributed by atoms with Crippen LogP contribution in [0.1, 0.15) is 22.5 Å². The number of aliphatic hydroxyl groups excluding tert-OH is 1. The predicted molar refractivity (Wildman–Crippen MR) is 94.0 cm³/mol. The van der Waals surface area contributed by atoms with E-state index in [0.717, 1.165) is 42.4 Å². The fourth-order valence-electron chi connectivity index (χ4n) is 3.76. The molecule has 1 aromatic carbocycles. The number of ether oxygens (including phenoxy) is 2. The summed E-state index contributed by atoms with van der Waals surface area (Å²) in [4.78, 5) is 2.31. The lowest BCUT2D eigenvalue weighted by atomic mass is 10.00. The van der Waals surface area contributed by atoms with Crippen LogP contribution >= 0.6 is 0 Å². The van der Waals surface area contributed by atoms with Crippen LogP contribution in [0.3, 0.4) is 0 Å². The molecule has 0 aliphatic carbocycles. The number of fused-ring (bicyclic) bond motifs is 1. The third kappa shape index (κ3) is 3.50. The Morgan fingerprint density at radius 1 is 1.16 bits per heavy atom. The third-order valence-electron chi connectivity index (χ3n) is 5.11. The molecule has 0 bridgehead atoms. The normalized spacial score (nSPS) is 23.2. The average molecular weight is 343 g/mol. The summed E-state index contributed by atoms with van der Waals surface area (Å²) in [5, 5.41) is 17.7. The van der Waals surface area contributed by atoms with E-state index in [9.17, 15) is 5.11 Å². The van der Waals surface area contributed by atoms with Crippen LogP contribution in [-0.2, 0) is 13.0 Å². The van der Waals surface area contributed by atoms with E-state index in [-0.39, 0.29) is 12.0 Å². The fourth-order valence-corrected chi connectivity index (χ4v) is 3.76. The van der Waals surface area contributed by atoms with Gasteiger partial charge in [-0.15, -0.1) is 0 Å². The van der Waals surface area contributed by atoms with Crippen LogP contribution in [-0.4, -0.2) is 52.6 Å². The first kappa shape index (κ1) is 16.4. The highest BCUT2D eigenvalue weighted by Gasteiger charge is 2.32. The Labute approximate surface area is 147 Å². The standard InChI is InChI=1S/C19H25N3O3/c1-12-5-18-19(25-4-3-24-18)8-14(12)9-22-10-15(17(23)11-22)7-16-6-13(2)20-21-16/h5-6,8,15,17,23H,3-4,7,9-11H2,1-2H3,(H,20,21)/t15-,17-/m1/s1. The van der Waals surface area contributed by atoms with Crippen molar-refractivity contribution in [1.29, 1.82) is 0 Å². The topological polar surface area (TPSA) is 70.6 Å². The summed E-state index contributed by atoms with van der Waals surface area (Å²) >= 11 is 0. The first-order valence-corrected chi connectivity index (χ1v) is 8.89. The molecule has 2 aliphatic heterocycles. The number of aromatic nitrogens is 2. The molecule has 1 saturated heterocycles. The van der Waals surface area contributed by atoms with Crippen LogP contribution in [0.5, 0.6) is 11.5 Å². The first-order valence-electron chi connectivity index (χ1n) is 8.89. The lowest BCUT2D eigenvalue weighted by Gasteiger charge is -2.22. The highest BCUT2D eigenvalue weighted by Crippen LogP contribution is 2.34. The number of hydrogen-bond donors (Lipinski definition) is 2. The van der Waals surface area contributed by atoms with Gasteiger partial charge in [-0.1, -0.05) is 0 Å². The molecule has 1 aromatic heterocycles. The molecular formula is C19H25N3O3. The molecule has 0 unspecified atom stereocenters. The smallest absolute Gasteiger partial charge is 0.161 e. The summed E-state index contributed by atoms with van der Waals surface area (Å²) in [5.41, 5.74) is 4.52. The lowest BCUT2D eigenvalue weighted by molar-refractivity contribution is 0.140. The summed E-state index contributed by atoms with van der Waals surface area (Å²) in [7, 11) is 0. The predicted octanol–water partition coefficient (Wildman–Crippen LogP) is 1.83. The van der Waals surface area contributed by atoms with Crippen molar-refractivity contribution in [2.45, 2.75) is 32.9 Å². The summed E-state index contributed by atoms with van der Waals surface area (Å²) in [5.74, 6) is 1.89. The summed E-state index contributed by atoms with van der Waals surface area (Å²) < 4.78 is 11.3. The van der Waals surface area contributed by atoms with Gasteiger partial charge in [0.2, 0.25) is 0 Å². The van der Waals surface area contributed by atoms with Gasteiger partial charge in [-0.05, 0) is 49.6 Å². The molecule has 0 spiro atoms. The molecule has 6 nitrogen and oxygen atoms in total. The number of benzene rings is 1. The molecule has 2 atom stereocenters. The van der Waals surface area contributed by atoms with Gasteiger partial charge in [0.05, 0.1) is 11.8 Å². The van der Waals surface area contributed by atoms with E-state index in [1.54, 1.807) is 0 Å². The minimum atomic E-state index is -0.311. The number of nitrogens with zero attached hydrogens (tertiary/aromatic N) is 2. The molecule has 2 N–H and O–H groups in total. The van der Waals surface area contributed by atoms with Crippen LogP contribution in [0.25, 0.3) is 0 Å². The van der Waals surface area contributed by atoms with Gasteiger partial charge in [0, 0.05) is 31.2 Å². The molecule has 4 rings (SSSR count). The van der Waals surface area contributed by atoms with Gasteiger partial charge in [0.15, 0.2) is 11.5 Å². The van der Waals surface area contributed by atoms with Gasteiger partial charge < -0.3 is 14.6 Å². The number of aliphatic hydroxyl groups is 1. The van der Waals surface area contributed by atoms with Crippen LogP contribution in [0.4, 0.5) is 0 Å². The van der Waals surface area contributed by atoms with Gasteiger partial charge in [0.1, 0.15) is 13.2 Å². The summed E-state index contributed by atoms with van der Waals surface area (Å²) in [6.45, 7) is 7.70. The minimum Gasteiger partial charge on any atom is -0.486 e. The Bertz CT molecular complexity index is 758. The highest BCUT2D eigenvalue weighted by atomic mass is 16.6. The van der Waals surface area contributed by atoms with Crippen LogP contribution in [0.15, 0.2) is 18.2 Å². The van der Waals surface area contributed by atoms with Crippen molar-refractivity contribution in [1.82, 2.24) is 15.1 Å². The van der Waals surface area contributed by atoms with Crippen LogP contribution < -0.4 is 9.47 Å². The number of aryl methyl sites for hydroxylation is 2. The van der Waals surface area contributed by atoms with Gasteiger partial charge in [-0.2, -0.15) is 5.10 Å². The zero-order chi connectivity index (χ0) is 17.4. The van der Waals surface area contributed by atoms with Crippen LogP contribution in [0.2, 0.25) is 0 Å². The van der Waals surface area contributed by atoms with E-state index < -0.39 is 0 Å². The van der Waals surface area contributed by atoms with E-state index in [2.05, 4.69) is 40.2 Å². The van der Waals surface area contributed by atoms with E-state index in [1.807, 2.05) is 6.92 Å². The van der Waals surface area contributed by atoms with Crippen LogP contribution in [0, 0.1) is 19.8 Å². The highest BCUT2D eigenvalue weighted by molar-refractivity contribution is 5.47. The second kappa shape index (κ2) is 6.69. The quantitative estimate of drug-likeness (QED) is 0.886. The number of rotatable bonds is 4. The Balaban J connectivity index is 1.43. The van der Waals surface area contributed by atoms with E-state index >= 15 is 0 Å². The Morgan fingerprint density at radius 3 is 2.64 bits per heavy atom. The maximum absolute atomic E-state index is 10.4. The maximum atomic E-state index is 10.4. The molecule has 6 heteroatoms. The molecule has 2 aromatic rings. The maximum Gasteiger partial charge on any atom is 0.161 e. The fraction of sp³-hybridized carbons (Fsp3) is 0.526. The number of β-amino-alcohol motifs (C(OH)–C–C–N with tert-alkyl or cyclic N) is 1. The van der Waals surface area contributed by atoms with E-state index in [1.165, 1.54) is 11.1 Å². The average Bonchev–Trinajstić information content (AvgIpc) is 3.14. The number of hydrogen-bond acceptors (Lipinski definition) is 5. The molecule has 0 radical (unpaired) electrons. The molecule has 134 valence electrons. The zero-order valence-electron chi connectivity index (χ0n) is 14.8. The van der Waals surface area contributed by atoms with Crippen molar-refractivity contribution in [2.24, 2.45) is 5.92 Å². The summed E-state index contributed by atoms with van der Waals surface area (Å²) in [6.07, 6.45) is 0.497. The molecule has 2 aliphatic rings. The second-order valence-electron chi connectivity index (χ2n) is 7.19. The SMILES string of the molecule is Cc1cc(C[C@@H]2CN(Cc3cc4c(cc3C)OCCO4)C[C@H]2O)n[nH]1. The lowest BCUT2D eigenvalue weighted by Crippen LogP contribution is -2.22. The third-order valence-corrected chi connectivity index (χ3v) is 5.11. The first-order chi connectivity index (χ1) is 12.1. The molecule has 0 amide bonds. The monoisotopic (exact) mass is 343 g/mol. The largest absolute Gasteiger partial charge is 0.486 e. The van der Waals surface area contributed by atoms with Crippen molar-refractivity contribution >= 4 is 0 Å². The Morgan fingerprint density at radius 2 is 1.92 bits per heavy atom. The Kier molecular flexibility index (Phi) is 4.39. The number of likely N-dealkylation sites (tertiary alicyclic amines) is 1. The van der Waals surface area contributed by atoms with Crippen molar-refractivity contribution in [3.8, 4) is 11.5 Å². The number of nitrogens with one attached hydrogen (secondary N) is 1. The van der Waals surface area contributed by atoms with Gasteiger partial charge in [-0.3, -0.25) is 10.00 Å². The summed E-state index contributed by atoms with van der Waals surface area (Å²) in [6, 6.07) is 6.20. The Hall–Kier alpha value is -2.05. The molecule has 0 saturated carbocycles. The van der Waals surface area contributed by atoms with Crippen molar-refractivity contribution in [3.05, 3.63) is 40.7 Å². The molecular weight excluding hydrogens is 318 g/mol. The number of H-pyrrole nitrogens is 1. The van der Waals surface area contributed by atoms with E-state index in [0.29, 0.717) is 19.8 Å². The molecule has 1 fully saturated rings. The van der Waals surface area contributed by atoms with Crippen molar-refractivity contribution in [3.63, 3.8) is 0 Å². The molecule has 25 heavy (non-hydrogen) atoms. The minimum absolute atomic E-state index is 0.222. The molecule has 3 heterocycles. The number of aromatic amines is 1. The second-order valence-corrected chi connectivity index (χ2v) is 7.19. The van der Waals surface area contributed by atoms with Gasteiger partial charge >= 0.3 is 0 Å². The van der Waals surface area contributed by atoms with Crippen molar-refractivity contribution in [2.75, 3.05) is 26.3 Å². The van der Waals surface area contributed by atoms with Gasteiger partial charge in [0.25, 0.3) is 0 Å². The zero-order valence-corrected chi connectivity index (χ0v) is 14.8. The van der Waals surface area contributed by atoms with Gasteiger partial charge in [-0.25, -0.2) is 0 Å². The van der Waals surface area contributed by atoms with Crippen molar-refractivity contribution < 1.29 is 14.6 Å².